The number of halogens is 1. The smallest absolute Gasteiger partial charge is 0.0188 e. The summed E-state index contributed by atoms with van der Waals surface area (Å²) in [7, 11) is 0. The van der Waals surface area contributed by atoms with Crippen molar-refractivity contribution in [3.63, 3.8) is 0 Å². The van der Waals surface area contributed by atoms with Gasteiger partial charge in [-0.3, -0.25) is 0 Å². The number of hydrogen-bond acceptors (Lipinski definition) is 1. The molecule has 1 fully saturated rings. The van der Waals surface area contributed by atoms with Crippen LogP contribution in [-0.2, 0) is 0 Å². The van der Waals surface area contributed by atoms with Gasteiger partial charge in [0.1, 0.15) is 0 Å². The summed E-state index contributed by atoms with van der Waals surface area (Å²) < 4.78 is 0. The average Bonchev–Trinajstić information content (AvgIpc) is 1.60. The second-order valence-corrected chi connectivity index (χ2v) is 3.25. The van der Waals surface area contributed by atoms with Gasteiger partial charge in [-0.1, -0.05) is 13.8 Å². The second kappa shape index (κ2) is 2.89. The maximum absolute atomic E-state index is 3.42. The lowest BCUT2D eigenvalue weighted by Crippen LogP contribution is -2.57. The van der Waals surface area contributed by atoms with Crippen molar-refractivity contribution in [3.8, 4) is 0 Å². The molecule has 1 aliphatic heterocycles. The quantitative estimate of drug-likeness (QED) is 0.600. The Morgan fingerprint density at radius 2 is 1.89 bits per heavy atom. The topological polar surface area (TPSA) is 12.0 Å². The van der Waals surface area contributed by atoms with Gasteiger partial charge in [0.05, 0.1) is 0 Å². The van der Waals surface area contributed by atoms with E-state index in [1.807, 2.05) is 0 Å². The number of hydrogen-bond donors (Lipinski definition) is 1. The van der Waals surface area contributed by atoms with Crippen LogP contribution < -0.4 is 5.32 Å². The van der Waals surface area contributed by atoms with E-state index < -0.39 is 0 Å². The Hall–Kier alpha value is 0.250. The van der Waals surface area contributed by atoms with E-state index >= 15 is 0 Å². The molecule has 1 N–H and O–H groups in total. The lowest BCUT2D eigenvalue weighted by atomic mass is 9.80. The molecule has 1 aliphatic rings. The highest BCUT2D eigenvalue weighted by atomic mass is 35.5. The summed E-state index contributed by atoms with van der Waals surface area (Å²) in [5.74, 6) is 0.788. The van der Waals surface area contributed by atoms with Crippen LogP contribution in [0.15, 0.2) is 0 Å². The first-order valence-electron chi connectivity index (χ1n) is 3.40. The fourth-order valence-corrected chi connectivity index (χ4v) is 1.01. The summed E-state index contributed by atoms with van der Waals surface area (Å²) in [6, 6.07) is 0. The van der Waals surface area contributed by atoms with Gasteiger partial charge in [-0.15, -0.1) is 12.4 Å². The van der Waals surface area contributed by atoms with Crippen LogP contribution in [-0.4, -0.2) is 12.1 Å². The molecule has 56 valence electrons. The van der Waals surface area contributed by atoms with E-state index in [4.69, 9.17) is 0 Å². The molecule has 0 spiro atoms. The van der Waals surface area contributed by atoms with Crippen molar-refractivity contribution in [2.75, 3.05) is 6.54 Å². The van der Waals surface area contributed by atoms with Gasteiger partial charge in [-0.05, 0) is 25.8 Å². The summed E-state index contributed by atoms with van der Waals surface area (Å²) in [6.07, 6.45) is 1.35. The van der Waals surface area contributed by atoms with Gasteiger partial charge in [-0.2, -0.15) is 0 Å². The lowest BCUT2D eigenvalue weighted by molar-refractivity contribution is 0.163. The van der Waals surface area contributed by atoms with E-state index in [0.717, 1.165) is 5.92 Å². The van der Waals surface area contributed by atoms with Crippen LogP contribution in [0.25, 0.3) is 0 Å². The fourth-order valence-electron chi connectivity index (χ4n) is 1.01. The molecule has 0 bridgehead atoms. The Morgan fingerprint density at radius 1 is 1.44 bits per heavy atom. The zero-order chi connectivity index (χ0) is 6.20. The standard InChI is InChI=1S/C7H15N.ClH/c1-6(2)7(3)4-5-8-7;/h6,8H,4-5H2,1-3H3;1H. The van der Waals surface area contributed by atoms with Gasteiger partial charge in [0.25, 0.3) is 0 Å². The van der Waals surface area contributed by atoms with Gasteiger partial charge in [0.2, 0.25) is 0 Å². The molecule has 0 amide bonds. The Morgan fingerprint density at radius 3 is 1.89 bits per heavy atom. The maximum atomic E-state index is 3.42. The molecule has 0 aliphatic carbocycles. The molecule has 0 saturated carbocycles. The minimum absolute atomic E-state index is 0. The minimum Gasteiger partial charge on any atom is -0.311 e. The van der Waals surface area contributed by atoms with Crippen molar-refractivity contribution in [1.29, 1.82) is 0 Å². The number of nitrogens with one attached hydrogen (secondary N) is 1. The highest BCUT2D eigenvalue weighted by Gasteiger charge is 2.33. The van der Waals surface area contributed by atoms with Crippen molar-refractivity contribution in [3.05, 3.63) is 0 Å². The fraction of sp³-hybridized carbons (Fsp3) is 1.00. The first-order valence-corrected chi connectivity index (χ1v) is 3.40. The first-order chi connectivity index (χ1) is 3.65. The Balaban J connectivity index is 0.000000640. The summed E-state index contributed by atoms with van der Waals surface area (Å²) in [6.45, 7) is 8.05. The monoisotopic (exact) mass is 149 g/mol. The highest BCUT2D eigenvalue weighted by Crippen LogP contribution is 2.26. The molecular formula is C7H16ClN. The predicted octanol–water partition coefficient (Wildman–Crippen LogP) is 1.82. The van der Waals surface area contributed by atoms with Crippen molar-refractivity contribution in [1.82, 2.24) is 5.32 Å². The molecule has 0 aromatic heterocycles. The zero-order valence-corrected chi connectivity index (χ0v) is 7.22. The molecule has 0 aromatic rings. The molecule has 0 radical (unpaired) electrons. The summed E-state index contributed by atoms with van der Waals surface area (Å²) in [4.78, 5) is 0. The van der Waals surface area contributed by atoms with Gasteiger partial charge < -0.3 is 5.32 Å². The predicted molar refractivity (Wildman–Crippen MR) is 43.1 cm³/mol. The molecule has 2 heteroatoms. The van der Waals surface area contributed by atoms with E-state index in [1.54, 1.807) is 0 Å². The molecule has 9 heavy (non-hydrogen) atoms. The third-order valence-electron chi connectivity index (χ3n) is 2.45. The summed E-state index contributed by atoms with van der Waals surface area (Å²) >= 11 is 0. The molecule has 1 saturated heterocycles. The maximum Gasteiger partial charge on any atom is 0.0188 e. The van der Waals surface area contributed by atoms with Crippen molar-refractivity contribution >= 4 is 12.4 Å². The van der Waals surface area contributed by atoms with Crippen LogP contribution in [0, 0.1) is 5.92 Å². The number of rotatable bonds is 1. The van der Waals surface area contributed by atoms with Crippen LogP contribution in [0.3, 0.4) is 0 Å². The van der Waals surface area contributed by atoms with Crippen LogP contribution in [0.5, 0.6) is 0 Å². The van der Waals surface area contributed by atoms with Gasteiger partial charge >= 0.3 is 0 Å². The first kappa shape index (κ1) is 9.25. The van der Waals surface area contributed by atoms with Crippen LogP contribution in [0.2, 0.25) is 0 Å². The normalized spacial score (nSPS) is 33.3. The molecular weight excluding hydrogens is 134 g/mol. The van der Waals surface area contributed by atoms with Crippen molar-refractivity contribution < 1.29 is 0 Å². The molecule has 1 rings (SSSR count). The van der Waals surface area contributed by atoms with Crippen LogP contribution >= 0.6 is 12.4 Å². The molecule has 1 atom stereocenters. The van der Waals surface area contributed by atoms with E-state index in [9.17, 15) is 0 Å². The summed E-state index contributed by atoms with van der Waals surface area (Å²) in [5.41, 5.74) is 0.472. The Bertz CT molecular complexity index is 86.9. The van der Waals surface area contributed by atoms with Gasteiger partial charge in [0, 0.05) is 5.54 Å². The Labute approximate surface area is 63.6 Å². The molecule has 1 nitrogen and oxygen atoms in total. The molecule has 0 aromatic carbocycles. The second-order valence-electron chi connectivity index (χ2n) is 3.25. The highest BCUT2D eigenvalue weighted by molar-refractivity contribution is 5.85. The Kier molecular flexibility index (Phi) is 2.97. The van der Waals surface area contributed by atoms with Crippen LogP contribution in [0.4, 0.5) is 0 Å². The van der Waals surface area contributed by atoms with Gasteiger partial charge in [0.15, 0.2) is 0 Å². The third kappa shape index (κ3) is 1.59. The molecule has 1 heterocycles. The van der Waals surface area contributed by atoms with Gasteiger partial charge in [-0.25, -0.2) is 0 Å². The largest absolute Gasteiger partial charge is 0.311 e. The van der Waals surface area contributed by atoms with Crippen molar-refractivity contribution in [2.24, 2.45) is 5.92 Å². The minimum atomic E-state index is 0. The lowest BCUT2D eigenvalue weighted by Gasteiger charge is -2.43. The van der Waals surface area contributed by atoms with E-state index in [1.165, 1.54) is 13.0 Å². The summed E-state index contributed by atoms with van der Waals surface area (Å²) in [5, 5.41) is 3.42. The van der Waals surface area contributed by atoms with E-state index in [2.05, 4.69) is 26.1 Å². The molecule has 1 unspecified atom stereocenters. The van der Waals surface area contributed by atoms with Crippen molar-refractivity contribution in [2.45, 2.75) is 32.7 Å². The SMILES string of the molecule is CC(C)C1(C)CCN1.Cl. The van der Waals surface area contributed by atoms with E-state index in [-0.39, 0.29) is 12.4 Å². The van der Waals surface area contributed by atoms with E-state index in [0.29, 0.717) is 5.54 Å². The average molecular weight is 150 g/mol. The third-order valence-corrected chi connectivity index (χ3v) is 2.45. The van der Waals surface area contributed by atoms with Crippen LogP contribution in [0.1, 0.15) is 27.2 Å². The zero-order valence-electron chi connectivity index (χ0n) is 6.40.